The van der Waals surface area contributed by atoms with Gasteiger partial charge in [-0.25, -0.2) is 4.99 Å². The number of nitrogens with zero attached hydrogens (tertiary/aromatic N) is 3. The molecule has 0 aliphatic carbocycles. The van der Waals surface area contributed by atoms with Crippen molar-refractivity contribution in [3.05, 3.63) is 118 Å². The third-order valence-electron chi connectivity index (χ3n) is 5.63. The highest BCUT2D eigenvalue weighted by molar-refractivity contribution is 8.19. The molecule has 0 atom stereocenters. The van der Waals surface area contributed by atoms with E-state index in [1.54, 1.807) is 4.90 Å². The number of thioether (sulfide) groups is 1. The summed E-state index contributed by atoms with van der Waals surface area (Å²) in [5.74, 6) is -0.0848. The Morgan fingerprint density at radius 1 is 0.853 bits per heavy atom. The number of amides is 1. The molecule has 1 saturated heterocycles. The largest absolute Gasteiger partial charge is 0.318 e. The van der Waals surface area contributed by atoms with E-state index in [-0.39, 0.29) is 5.91 Å². The predicted octanol–water partition coefficient (Wildman–Crippen LogP) is 7.56. The number of halogens is 1. The zero-order valence-corrected chi connectivity index (χ0v) is 20.3. The Balaban J connectivity index is 1.57. The van der Waals surface area contributed by atoms with E-state index in [1.165, 1.54) is 11.8 Å². The Bertz CT molecular complexity index is 1420. The Kier molecular flexibility index (Phi) is 6.14. The number of hydrogen-bond donors (Lipinski definition) is 0. The summed E-state index contributed by atoms with van der Waals surface area (Å²) in [5.41, 5.74) is 5.69. The van der Waals surface area contributed by atoms with Crippen LogP contribution in [0.4, 0.5) is 11.4 Å². The minimum atomic E-state index is -0.0848. The summed E-state index contributed by atoms with van der Waals surface area (Å²) in [6.45, 7) is 4.11. The SMILES string of the molecule is Cc1cc(/C=C2\SC(=Nc3ccccc3)N(c3ccccc3)C2=O)c(C)n1-c1cccc(Cl)c1. The lowest BCUT2D eigenvalue weighted by atomic mass is 10.2. The van der Waals surface area contributed by atoms with Crippen molar-refractivity contribution < 1.29 is 4.79 Å². The molecule has 2 heterocycles. The van der Waals surface area contributed by atoms with Gasteiger partial charge in [-0.05, 0) is 85.8 Å². The number of benzene rings is 3. The van der Waals surface area contributed by atoms with Gasteiger partial charge < -0.3 is 4.57 Å². The number of para-hydroxylation sites is 2. The topological polar surface area (TPSA) is 37.6 Å². The third kappa shape index (κ3) is 4.32. The van der Waals surface area contributed by atoms with Crippen LogP contribution in [0.25, 0.3) is 11.8 Å². The molecule has 5 rings (SSSR count). The molecule has 4 aromatic rings. The molecule has 0 N–H and O–H groups in total. The van der Waals surface area contributed by atoms with Crippen molar-refractivity contribution in [3.63, 3.8) is 0 Å². The van der Waals surface area contributed by atoms with E-state index in [4.69, 9.17) is 16.6 Å². The van der Waals surface area contributed by atoms with Gasteiger partial charge in [0.25, 0.3) is 5.91 Å². The van der Waals surface area contributed by atoms with Crippen molar-refractivity contribution >= 4 is 51.9 Å². The summed E-state index contributed by atoms with van der Waals surface area (Å²) in [5, 5.41) is 1.32. The van der Waals surface area contributed by atoms with Gasteiger partial charge in [0.1, 0.15) is 0 Å². The van der Waals surface area contributed by atoms with E-state index < -0.39 is 0 Å². The summed E-state index contributed by atoms with van der Waals surface area (Å²) in [4.78, 5) is 20.7. The Morgan fingerprint density at radius 2 is 1.53 bits per heavy atom. The van der Waals surface area contributed by atoms with Crippen molar-refractivity contribution in [1.29, 1.82) is 0 Å². The third-order valence-corrected chi connectivity index (χ3v) is 6.83. The van der Waals surface area contributed by atoms with Gasteiger partial charge >= 0.3 is 0 Å². The van der Waals surface area contributed by atoms with Crippen molar-refractivity contribution in [3.8, 4) is 5.69 Å². The fraction of sp³-hybridized carbons (Fsp3) is 0.0714. The molecule has 1 amide bonds. The van der Waals surface area contributed by atoms with Crippen LogP contribution in [0.15, 0.2) is 101 Å². The van der Waals surface area contributed by atoms with Crippen LogP contribution in [-0.2, 0) is 4.79 Å². The first kappa shape index (κ1) is 22.3. The highest BCUT2D eigenvalue weighted by Crippen LogP contribution is 2.38. The highest BCUT2D eigenvalue weighted by atomic mass is 35.5. The number of aliphatic imine (C=N–C) groups is 1. The van der Waals surface area contributed by atoms with Crippen molar-refractivity contribution in [2.75, 3.05) is 4.90 Å². The first-order valence-electron chi connectivity index (χ1n) is 10.9. The second kappa shape index (κ2) is 9.37. The van der Waals surface area contributed by atoms with Gasteiger partial charge in [0.15, 0.2) is 5.17 Å². The second-order valence-electron chi connectivity index (χ2n) is 7.96. The summed E-state index contributed by atoms with van der Waals surface area (Å²) in [6.07, 6.45) is 1.96. The summed E-state index contributed by atoms with van der Waals surface area (Å²) >= 11 is 7.62. The molecular weight excluding hydrogens is 462 g/mol. The highest BCUT2D eigenvalue weighted by Gasteiger charge is 2.35. The maximum Gasteiger partial charge on any atom is 0.271 e. The van der Waals surface area contributed by atoms with Gasteiger partial charge in [-0.2, -0.15) is 0 Å². The van der Waals surface area contributed by atoms with Gasteiger partial charge in [0.05, 0.1) is 16.3 Å². The number of carbonyl (C=O) groups excluding carboxylic acids is 1. The fourth-order valence-electron chi connectivity index (χ4n) is 4.05. The minimum Gasteiger partial charge on any atom is -0.318 e. The zero-order valence-electron chi connectivity index (χ0n) is 18.8. The lowest BCUT2D eigenvalue weighted by molar-refractivity contribution is -0.113. The van der Waals surface area contributed by atoms with Crippen molar-refractivity contribution in [2.45, 2.75) is 13.8 Å². The van der Waals surface area contributed by atoms with Crippen molar-refractivity contribution in [2.24, 2.45) is 4.99 Å². The quantitative estimate of drug-likeness (QED) is 0.281. The molecule has 34 heavy (non-hydrogen) atoms. The molecule has 0 radical (unpaired) electrons. The molecule has 168 valence electrons. The number of rotatable bonds is 4. The van der Waals surface area contributed by atoms with Crippen LogP contribution >= 0.6 is 23.4 Å². The maximum atomic E-state index is 13.6. The van der Waals surface area contributed by atoms with Crippen molar-refractivity contribution in [1.82, 2.24) is 4.57 Å². The zero-order chi connectivity index (χ0) is 23.7. The molecule has 6 heteroatoms. The average molecular weight is 484 g/mol. The Labute approximate surface area is 208 Å². The number of amidine groups is 1. The Hall–Kier alpha value is -3.54. The molecule has 1 aliphatic heterocycles. The second-order valence-corrected chi connectivity index (χ2v) is 9.40. The van der Waals surface area contributed by atoms with Crippen LogP contribution in [-0.4, -0.2) is 15.6 Å². The molecule has 1 fully saturated rings. The van der Waals surface area contributed by atoms with Crippen LogP contribution in [0.2, 0.25) is 5.02 Å². The monoisotopic (exact) mass is 483 g/mol. The molecule has 0 saturated carbocycles. The average Bonchev–Trinajstić information content (AvgIpc) is 3.29. The van der Waals surface area contributed by atoms with Crippen LogP contribution < -0.4 is 4.90 Å². The van der Waals surface area contributed by atoms with Crippen LogP contribution in [0.1, 0.15) is 17.0 Å². The lowest BCUT2D eigenvalue weighted by Gasteiger charge is -2.15. The number of anilines is 1. The molecule has 3 aromatic carbocycles. The maximum absolute atomic E-state index is 13.6. The van der Waals surface area contributed by atoms with Gasteiger partial charge in [-0.1, -0.05) is 54.1 Å². The van der Waals surface area contributed by atoms with Gasteiger partial charge in [-0.3, -0.25) is 9.69 Å². The minimum absolute atomic E-state index is 0.0848. The van der Waals surface area contributed by atoms with Gasteiger partial charge in [0, 0.05) is 22.1 Å². The van der Waals surface area contributed by atoms with Crippen LogP contribution in [0.3, 0.4) is 0 Å². The van der Waals surface area contributed by atoms with Gasteiger partial charge in [-0.15, -0.1) is 0 Å². The standard InChI is InChI=1S/C28H22ClN3OS/c1-19-16-21(20(2)31(19)25-15-9-10-22(29)18-25)17-26-27(33)32(24-13-7-4-8-14-24)28(34-26)30-23-11-5-3-6-12-23/h3-18H,1-2H3/b26-17-,30-28?. The van der Waals surface area contributed by atoms with E-state index in [9.17, 15) is 4.79 Å². The van der Waals surface area contributed by atoms with E-state index in [0.29, 0.717) is 15.1 Å². The van der Waals surface area contributed by atoms with E-state index >= 15 is 0 Å². The Morgan fingerprint density at radius 3 is 2.24 bits per heavy atom. The first-order valence-corrected chi connectivity index (χ1v) is 12.1. The summed E-state index contributed by atoms with van der Waals surface area (Å²) in [6, 6.07) is 29.2. The predicted molar refractivity (Wildman–Crippen MR) is 143 cm³/mol. The number of hydrogen-bond acceptors (Lipinski definition) is 3. The lowest BCUT2D eigenvalue weighted by Crippen LogP contribution is -2.28. The molecular formula is C28H22ClN3OS. The van der Waals surface area contributed by atoms with E-state index in [1.807, 2.05) is 91.0 Å². The fourth-order valence-corrected chi connectivity index (χ4v) is 5.23. The summed E-state index contributed by atoms with van der Waals surface area (Å²) in [7, 11) is 0. The number of aromatic nitrogens is 1. The normalized spacial score (nSPS) is 16.1. The summed E-state index contributed by atoms with van der Waals surface area (Å²) < 4.78 is 2.15. The molecule has 4 nitrogen and oxygen atoms in total. The molecule has 0 bridgehead atoms. The number of carbonyl (C=O) groups is 1. The van der Waals surface area contributed by atoms with Crippen LogP contribution in [0, 0.1) is 13.8 Å². The van der Waals surface area contributed by atoms with E-state index in [2.05, 4.69) is 24.5 Å². The van der Waals surface area contributed by atoms with Crippen LogP contribution in [0.5, 0.6) is 0 Å². The molecule has 1 aromatic heterocycles. The first-order chi connectivity index (χ1) is 16.5. The molecule has 0 spiro atoms. The van der Waals surface area contributed by atoms with Gasteiger partial charge in [0.2, 0.25) is 0 Å². The molecule has 1 aliphatic rings. The smallest absolute Gasteiger partial charge is 0.271 e. The molecule has 0 unspecified atom stereocenters. The van der Waals surface area contributed by atoms with E-state index in [0.717, 1.165) is 34.0 Å². The number of aryl methyl sites for hydroxylation is 1.